The molecule has 84 valence electrons. The highest BCUT2D eigenvalue weighted by atomic mass is 35.5. The second-order valence-electron chi connectivity index (χ2n) is 3.26. The highest BCUT2D eigenvalue weighted by molar-refractivity contribution is 6.43. The Labute approximate surface area is 104 Å². The van der Waals surface area contributed by atoms with Gasteiger partial charge in [0.1, 0.15) is 0 Å². The summed E-state index contributed by atoms with van der Waals surface area (Å²) in [6.07, 6.45) is 1.27. The van der Waals surface area contributed by atoms with Crippen LogP contribution < -0.4 is 5.73 Å². The van der Waals surface area contributed by atoms with Gasteiger partial charge in [-0.05, 0) is 30.5 Å². The van der Waals surface area contributed by atoms with Gasteiger partial charge in [0.05, 0.1) is 10.0 Å². The van der Waals surface area contributed by atoms with Gasteiger partial charge in [-0.1, -0.05) is 34.8 Å². The quantitative estimate of drug-likeness (QED) is 0.822. The summed E-state index contributed by atoms with van der Waals surface area (Å²) in [6.45, 7) is 0.111. The molecular formula is C10H12Cl3NO. The van der Waals surface area contributed by atoms with Crippen LogP contribution in [0.5, 0.6) is 0 Å². The van der Waals surface area contributed by atoms with E-state index < -0.39 is 0 Å². The first-order valence-electron chi connectivity index (χ1n) is 4.57. The van der Waals surface area contributed by atoms with Crippen LogP contribution in [0.25, 0.3) is 0 Å². The molecule has 0 saturated heterocycles. The Balaban J connectivity index is 2.92. The van der Waals surface area contributed by atoms with E-state index in [0.717, 1.165) is 5.56 Å². The summed E-state index contributed by atoms with van der Waals surface area (Å²) < 4.78 is 0. The molecule has 0 aromatic heterocycles. The molecule has 0 aliphatic rings. The Morgan fingerprint density at radius 2 is 1.93 bits per heavy atom. The standard InChI is InChI=1S/C10H12Cl3NO/c11-6-4-7(9(14)2-1-3-15)10(13)8(12)5-6/h4-5,9,15H,1-3,14H2/t9-/m1/s1. The topological polar surface area (TPSA) is 46.2 Å². The molecule has 0 spiro atoms. The molecule has 0 aliphatic heterocycles. The van der Waals surface area contributed by atoms with Crippen LogP contribution in [0.2, 0.25) is 15.1 Å². The van der Waals surface area contributed by atoms with Crippen molar-refractivity contribution in [1.82, 2.24) is 0 Å². The average molecular weight is 269 g/mol. The molecule has 3 N–H and O–H groups in total. The van der Waals surface area contributed by atoms with E-state index in [-0.39, 0.29) is 12.6 Å². The van der Waals surface area contributed by atoms with Crippen LogP contribution in [0.1, 0.15) is 24.4 Å². The zero-order chi connectivity index (χ0) is 11.4. The normalized spacial score (nSPS) is 12.9. The van der Waals surface area contributed by atoms with E-state index in [9.17, 15) is 0 Å². The van der Waals surface area contributed by atoms with Crippen molar-refractivity contribution in [1.29, 1.82) is 0 Å². The predicted molar refractivity (Wildman–Crippen MR) is 64.7 cm³/mol. The Kier molecular flexibility index (Phi) is 5.16. The molecule has 1 rings (SSSR count). The zero-order valence-corrected chi connectivity index (χ0v) is 10.3. The Morgan fingerprint density at radius 3 is 2.53 bits per heavy atom. The third kappa shape index (κ3) is 3.51. The van der Waals surface area contributed by atoms with E-state index in [1.54, 1.807) is 12.1 Å². The van der Waals surface area contributed by atoms with E-state index in [2.05, 4.69) is 0 Å². The molecule has 5 heteroatoms. The van der Waals surface area contributed by atoms with Crippen LogP contribution in [0.3, 0.4) is 0 Å². The fourth-order valence-corrected chi connectivity index (χ4v) is 2.07. The lowest BCUT2D eigenvalue weighted by atomic mass is 10.0. The molecule has 1 atom stereocenters. The number of hydrogen-bond donors (Lipinski definition) is 2. The lowest BCUT2D eigenvalue weighted by molar-refractivity contribution is 0.280. The van der Waals surface area contributed by atoms with Gasteiger partial charge in [-0.3, -0.25) is 0 Å². The summed E-state index contributed by atoms with van der Waals surface area (Å²) in [7, 11) is 0. The van der Waals surface area contributed by atoms with Gasteiger partial charge < -0.3 is 10.8 Å². The molecule has 0 saturated carbocycles. The van der Waals surface area contributed by atoms with Crippen LogP contribution >= 0.6 is 34.8 Å². The molecule has 15 heavy (non-hydrogen) atoms. The molecule has 0 aliphatic carbocycles. The van der Waals surface area contributed by atoms with Crippen molar-refractivity contribution in [3.63, 3.8) is 0 Å². The minimum atomic E-state index is -0.249. The van der Waals surface area contributed by atoms with Crippen LogP contribution in [0.15, 0.2) is 12.1 Å². The molecular weight excluding hydrogens is 256 g/mol. The Morgan fingerprint density at radius 1 is 1.27 bits per heavy atom. The highest BCUT2D eigenvalue weighted by Crippen LogP contribution is 2.33. The van der Waals surface area contributed by atoms with E-state index in [1.807, 2.05) is 0 Å². The van der Waals surface area contributed by atoms with Gasteiger partial charge in [-0.15, -0.1) is 0 Å². The Hall–Kier alpha value is 0.01000. The number of aliphatic hydroxyl groups is 1. The number of rotatable bonds is 4. The lowest BCUT2D eigenvalue weighted by Crippen LogP contribution is -2.11. The van der Waals surface area contributed by atoms with Crippen molar-refractivity contribution in [3.05, 3.63) is 32.8 Å². The molecule has 1 aromatic carbocycles. The van der Waals surface area contributed by atoms with Crippen molar-refractivity contribution in [2.24, 2.45) is 5.73 Å². The van der Waals surface area contributed by atoms with Gasteiger partial charge in [0.15, 0.2) is 0 Å². The maximum absolute atomic E-state index is 8.70. The number of benzene rings is 1. The summed E-state index contributed by atoms with van der Waals surface area (Å²) in [5.74, 6) is 0. The number of nitrogens with two attached hydrogens (primary N) is 1. The first-order valence-corrected chi connectivity index (χ1v) is 5.70. The van der Waals surface area contributed by atoms with Gasteiger partial charge in [0, 0.05) is 17.7 Å². The third-order valence-corrected chi connectivity index (χ3v) is 3.13. The second-order valence-corrected chi connectivity index (χ2v) is 4.48. The SMILES string of the molecule is N[C@H](CCCO)c1cc(Cl)cc(Cl)c1Cl. The second kappa shape index (κ2) is 5.92. The fourth-order valence-electron chi connectivity index (χ4n) is 1.31. The first-order chi connectivity index (χ1) is 7.06. The number of hydrogen-bond acceptors (Lipinski definition) is 2. The number of halogens is 3. The summed E-state index contributed by atoms with van der Waals surface area (Å²) >= 11 is 17.7. The molecule has 0 fully saturated rings. The largest absolute Gasteiger partial charge is 0.396 e. The summed E-state index contributed by atoms with van der Waals surface area (Å²) in [5, 5.41) is 10.1. The van der Waals surface area contributed by atoms with Crippen molar-refractivity contribution in [3.8, 4) is 0 Å². The highest BCUT2D eigenvalue weighted by Gasteiger charge is 2.13. The van der Waals surface area contributed by atoms with Crippen LogP contribution in [0, 0.1) is 0 Å². The van der Waals surface area contributed by atoms with Gasteiger partial charge in [-0.25, -0.2) is 0 Å². The van der Waals surface area contributed by atoms with E-state index in [4.69, 9.17) is 45.6 Å². The van der Waals surface area contributed by atoms with Crippen molar-refractivity contribution in [2.45, 2.75) is 18.9 Å². The molecule has 2 nitrogen and oxygen atoms in total. The lowest BCUT2D eigenvalue weighted by Gasteiger charge is -2.14. The maximum Gasteiger partial charge on any atom is 0.0641 e. The van der Waals surface area contributed by atoms with Crippen LogP contribution in [0.4, 0.5) is 0 Å². The molecule has 0 heterocycles. The van der Waals surface area contributed by atoms with Gasteiger partial charge in [0.25, 0.3) is 0 Å². The van der Waals surface area contributed by atoms with Crippen LogP contribution in [-0.2, 0) is 0 Å². The van der Waals surface area contributed by atoms with Gasteiger partial charge >= 0.3 is 0 Å². The van der Waals surface area contributed by atoms with Gasteiger partial charge in [-0.2, -0.15) is 0 Å². The van der Waals surface area contributed by atoms with E-state index in [0.29, 0.717) is 27.9 Å². The smallest absolute Gasteiger partial charge is 0.0641 e. The number of aliphatic hydroxyl groups excluding tert-OH is 1. The predicted octanol–water partition coefficient (Wildman–Crippen LogP) is 3.42. The monoisotopic (exact) mass is 267 g/mol. The fraction of sp³-hybridized carbons (Fsp3) is 0.400. The van der Waals surface area contributed by atoms with Gasteiger partial charge in [0.2, 0.25) is 0 Å². The maximum atomic E-state index is 8.70. The van der Waals surface area contributed by atoms with Crippen molar-refractivity contribution in [2.75, 3.05) is 6.61 Å². The molecule has 0 amide bonds. The molecule has 0 bridgehead atoms. The zero-order valence-electron chi connectivity index (χ0n) is 8.01. The molecule has 0 unspecified atom stereocenters. The summed E-state index contributed by atoms with van der Waals surface area (Å²) in [4.78, 5) is 0. The third-order valence-electron chi connectivity index (χ3n) is 2.09. The minimum Gasteiger partial charge on any atom is -0.396 e. The molecule has 0 radical (unpaired) electrons. The molecule has 1 aromatic rings. The minimum absolute atomic E-state index is 0.111. The summed E-state index contributed by atoms with van der Waals surface area (Å²) in [6, 6.07) is 3.03. The van der Waals surface area contributed by atoms with Crippen molar-refractivity contribution < 1.29 is 5.11 Å². The van der Waals surface area contributed by atoms with E-state index >= 15 is 0 Å². The van der Waals surface area contributed by atoms with Crippen molar-refractivity contribution >= 4 is 34.8 Å². The Bertz CT molecular complexity index is 344. The van der Waals surface area contributed by atoms with Crippen LogP contribution in [-0.4, -0.2) is 11.7 Å². The first kappa shape index (κ1) is 13.1. The summed E-state index contributed by atoms with van der Waals surface area (Å²) in [5.41, 5.74) is 6.63. The average Bonchev–Trinajstić information content (AvgIpc) is 2.19. The van der Waals surface area contributed by atoms with E-state index in [1.165, 1.54) is 0 Å².